The van der Waals surface area contributed by atoms with Crippen molar-refractivity contribution in [1.82, 2.24) is 0 Å². The predicted octanol–water partition coefficient (Wildman–Crippen LogP) is 2.61. The first-order valence-electron chi connectivity index (χ1n) is 4.13. The third kappa shape index (κ3) is 1.47. The topological polar surface area (TPSA) is 26.3 Å². The van der Waals surface area contributed by atoms with Crippen LogP contribution in [0, 0.1) is 0 Å². The van der Waals surface area contributed by atoms with Crippen molar-refractivity contribution >= 4 is 17.4 Å². The number of benzene rings is 1. The lowest BCUT2D eigenvalue weighted by Gasteiger charge is -2.21. The van der Waals surface area contributed by atoms with E-state index in [4.69, 9.17) is 16.3 Å². The zero-order valence-electron chi connectivity index (χ0n) is 7.21. The molecule has 0 saturated carbocycles. The van der Waals surface area contributed by atoms with Gasteiger partial charge < -0.3 is 4.74 Å². The van der Waals surface area contributed by atoms with Crippen molar-refractivity contribution in [3.05, 3.63) is 34.3 Å². The lowest BCUT2D eigenvalue weighted by atomic mass is 9.98. The van der Waals surface area contributed by atoms with Gasteiger partial charge in [0, 0.05) is 10.6 Å². The van der Waals surface area contributed by atoms with E-state index in [0.29, 0.717) is 10.6 Å². The minimum absolute atomic E-state index is 0.00929. The number of carbonyl (C=O) groups excluding carboxylic acids is 1. The van der Waals surface area contributed by atoms with Gasteiger partial charge in [0.15, 0.2) is 5.78 Å². The maximum Gasteiger partial charge on any atom is 0.188 e. The lowest BCUT2D eigenvalue weighted by Crippen LogP contribution is -2.20. The Bertz CT molecular complexity index is 360. The molecule has 13 heavy (non-hydrogen) atoms. The van der Waals surface area contributed by atoms with E-state index in [1.165, 1.54) is 0 Å². The van der Waals surface area contributed by atoms with Gasteiger partial charge >= 0.3 is 0 Å². The molecule has 0 saturated heterocycles. The number of hydrogen-bond donors (Lipinski definition) is 0. The van der Waals surface area contributed by atoms with Crippen molar-refractivity contribution in [3.8, 4) is 0 Å². The van der Waals surface area contributed by atoms with E-state index in [9.17, 15) is 4.79 Å². The second-order valence-corrected chi connectivity index (χ2v) is 3.54. The number of halogens is 1. The maximum atomic E-state index is 11.4. The van der Waals surface area contributed by atoms with E-state index in [0.717, 1.165) is 5.56 Å². The smallest absolute Gasteiger partial charge is 0.188 e. The van der Waals surface area contributed by atoms with Crippen LogP contribution in [0.4, 0.5) is 0 Å². The highest BCUT2D eigenvalue weighted by atomic mass is 35.5. The molecule has 1 heterocycles. The first kappa shape index (κ1) is 8.73. The fraction of sp³-hybridized carbons (Fsp3) is 0.300. The zero-order valence-corrected chi connectivity index (χ0v) is 7.97. The van der Waals surface area contributed by atoms with Gasteiger partial charge in [-0.3, -0.25) is 4.79 Å². The van der Waals surface area contributed by atoms with Crippen molar-refractivity contribution in [1.29, 1.82) is 0 Å². The second kappa shape index (κ2) is 3.13. The van der Waals surface area contributed by atoms with Gasteiger partial charge in [-0.1, -0.05) is 17.7 Å². The molecule has 2 nitrogen and oxygen atoms in total. The Morgan fingerprint density at radius 1 is 1.54 bits per heavy atom. The van der Waals surface area contributed by atoms with E-state index in [1.54, 1.807) is 12.1 Å². The van der Waals surface area contributed by atoms with Crippen LogP contribution in [-0.2, 0) is 4.74 Å². The molecule has 0 amide bonds. The van der Waals surface area contributed by atoms with Crippen LogP contribution < -0.4 is 0 Å². The second-order valence-electron chi connectivity index (χ2n) is 3.11. The molecule has 1 atom stereocenters. The summed E-state index contributed by atoms with van der Waals surface area (Å²) in [4.78, 5) is 11.4. The Labute approximate surface area is 81.5 Å². The van der Waals surface area contributed by atoms with Crippen LogP contribution in [0.3, 0.4) is 0 Å². The fourth-order valence-corrected chi connectivity index (χ4v) is 1.66. The van der Waals surface area contributed by atoms with Crippen molar-refractivity contribution < 1.29 is 9.53 Å². The first-order chi connectivity index (χ1) is 6.18. The van der Waals surface area contributed by atoms with Crippen molar-refractivity contribution in [3.63, 3.8) is 0 Å². The number of ether oxygens (including phenoxy) is 1. The van der Waals surface area contributed by atoms with E-state index in [-0.39, 0.29) is 18.5 Å². The Balaban J connectivity index is 2.57. The molecule has 0 radical (unpaired) electrons. The van der Waals surface area contributed by atoms with Gasteiger partial charge in [0.1, 0.15) is 6.61 Å². The van der Waals surface area contributed by atoms with Crippen molar-refractivity contribution in [2.75, 3.05) is 6.61 Å². The molecule has 3 heteroatoms. The summed E-state index contributed by atoms with van der Waals surface area (Å²) in [7, 11) is 0. The number of rotatable bonds is 0. The van der Waals surface area contributed by atoms with Crippen molar-refractivity contribution in [2.24, 2.45) is 0 Å². The van der Waals surface area contributed by atoms with E-state index in [2.05, 4.69) is 0 Å². The molecule has 1 aliphatic heterocycles. The monoisotopic (exact) mass is 196 g/mol. The van der Waals surface area contributed by atoms with Crippen LogP contribution >= 0.6 is 11.6 Å². The summed E-state index contributed by atoms with van der Waals surface area (Å²) >= 11 is 5.80. The molecule has 0 N–H and O–H groups in total. The normalized spacial score (nSPS) is 21.4. The zero-order chi connectivity index (χ0) is 9.42. The molecular weight excluding hydrogens is 188 g/mol. The average Bonchev–Trinajstić information content (AvgIpc) is 2.12. The van der Waals surface area contributed by atoms with Crippen LogP contribution in [0.15, 0.2) is 18.2 Å². The molecule has 2 rings (SSSR count). The van der Waals surface area contributed by atoms with Crippen LogP contribution in [0.1, 0.15) is 28.9 Å². The third-order valence-electron chi connectivity index (χ3n) is 2.22. The quantitative estimate of drug-likeness (QED) is 0.638. The molecule has 1 unspecified atom stereocenters. The highest BCUT2D eigenvalue weighted by Gasteiger charge is 2.22. The molecule has 0 bridgehead atoms. The van der Waals surface area contributed by atoms with Crippen molar-refractivity contribution in [2.45, 2.75) is 13.0 Å². The highest BCUT2D eigenvalue weighted by Crippen LogP contribution is 2.28. The number of fused-ring (bicyclic) bond motifs is 1. The van der Waals surface area contributed by atoms with Gasteiger partial charge in [0.25, 0.3) is 0 Å². The number of ketones is 1. The van der Waals surface area contributed by atoms with Crippen LogP contribution in [-0.4, -0.2) is 12.4 Å². The van der Waals surface area contributed by atoms with Gasteiger partial charge in [-0.25, -0.2) is 0 Å². The van der Waals surface area contributed by atoms with Crippen LogP contribution in [0.25, 0.3) is 0 Å². The molecule has 0 aromatic heterocycles. The summed E-state index contributed by atoms with van der Waals surface area (Å²) in [6.07, 6.45) is -0.00929. The van der Waals surface area contributed by atoms with E-state index in [1.807, 2.05) is 13.0 Å². The maximum absolute atomic E-state index is 11.4. The van der Waals surface area contributed by atoms with Crippen LogP contribution in [0.5, 0.6) is 0 Å². The predicted molar refractivity (Wildman–Crippen MR) is 50.1 cm³/mol. The summed E-state index contributed by atoms with van der Waals surface area (Å²) in [6.45, 7) is 2.09. The minimum Gasteiger partial charge on any atom is -0.366 e. The van der Waals surface area contributed by atoms with Crippen LogP contribution in [0.2, 0.25) is 5.02 Å². The summed E-state index contributed by atoms with van der Waals surface area (Å²) in [6, 6.07) is 5.33. The summed E-state index contributed by atoms with van der Waals surface area (Å²) in [5.41, 5.74) is 1.63. The largest absolute Gasteiger partial charge is 0.366 e. The van der Waals surface area contributed by atoms with E-state index < -0.39 is 0 Å². The number of Topliss-reactive ketones (excluding diaryl/α,β-unsaturated/α-hetero) is 1. The third-order valence-corrected chi connectivity index (χ3v) is 2.45. The van der Waals surface area contributed by atoms with Gasteiger partial charge in [-0.15, -0.1) is 0 Å². The summed E-state index contributed by atoms with van der Waals surface area (Å²) in [5, 5.41) is 0.598. The molecule has 68 valence electrons. The van der Waals surface area contributed by atoms with Gasteiger partial charge in [-0.05, 0) is 24.6 Å². The first-order valence-corrected chi connectivity index (χ1v) is 4.50. The average molecular weight is 197 g/mol. The Morgan fingerprint density at radius 3 is 3.08 bits per heavy atom. The minimum atomic E-state index is -0.00929. The Hall–Kier alpha value is -0.860. The number of carbonyl (C=O) groups is 1. The Morgan fingerprint density at radius 2 is 2.31 bits per heavy atom. The summed E-state index contributed by atoms with van der Waals surface area (Å²) < 4.78 is 5.26. The van der Waals surface area contributed by atoms with E-state index >= 15 is 0 Å². The molecular formula is C10H9ClO2. The molecule has 0 spiro atoms. The SMILES string of the molecule is CC1OCC(=O)c2cc(Cl)ccc21. The van der Waals surface area contributed by atoms with Gasteiger partial charge in [0.05, 0.1) is 6.10 Å². The molecule has 1 aromatic carbocycles. The lowest BCUT2D eigenvalue weighted by molar-refractivity contribution is 0.0436. The molecule has 1 aliphatic rings. The summed E-state index contributed by atoms with van der Waals surface area (Å²) in [5.74, 6) is 0.00981. The van der Waals surface area contributed by atoms with Gasteiger partial charge in [0.2, 0.25) is 0 Å². The van der Waals surface area contributed by atoms with Gasteiger partial charge in [-0.2, -0.15) is 0 Å². The molecule has 0 aliphatic carbocycles. The highest BCUT2D eigenvalue weighted by molar-refractivity contribution is 6.31. The molecule has 1 aromatic rings. The fourth-order valence-electron chi connectivity index (χ4n) is 1.49. The molecule has 0 fully saturated rings. The number of hydrogen-bond acceptors (Lipinski definition) is 2. The standard InChI is InChI=1S/C10H9ClO2/c1-6-8-3-2-7(11)4-9(8)10(12)5-13-6/h2-4,6H,5H2,1H3. The Kier molecular flexibility index (Phi) is 2.10.